The Morgan fingerprint density at radius 2 is 1.97 bits per heavy atom. The van der Waals surface area contributed by atoms with E-state index >= 15 is 0 Å². The van der Waals surface area contributed by atoms with Gasteiger partial charge in [0.05, 0.1) is 5.02 Å². The van der Waals surface area contributed by atoms with Gasteiger partial charge in [0.1, 0.15) is 24.0 Å². The molecule has 4 rings (SSSR count). The van der Waals surface area contributed by atoms with E-state index < -0.39 is 0 Å². The molecule has 0 atom stereocenters. The number of benzene rings is 2. The van der Waals surface area contributed by atoms with E-state index in [1.54, 1.807) is 36.2 Å². The van der Waals surface area contributed by atoms with E-state index in [-0.39, 0.29) is 12.4 Å². The number of rotatable bonds is 10. The Morgan fingerprint density at radius 1 is 1.12 bits per heavy atom. The van der Waals surface area contributed by atoms with Crippen LogP contribution in [0.2, 0.25) is 5.02 Å². The molecule has 0 saturated carbocycles. The minimum atomic E-state index is -0.288. The van der Waals surface area contributed by atoms with Gasteiger partial charge in [-0.25, -0.2) is 14.4 Å². The molecule has 1 saturated heterocycles. The summed E-state index contributed by atoms with van der Waals surface area (Å²) in [5, 5.41) is 4.49. The number of nitrogens with one attached hydrogen (secondary N) is 1. The van der Waals surface area contributed by atoms with Gasteiger partial charge in [-0.3, -0.25) is 0 Å². The molecule has 180 valence electrons. The largest absolute Gasteiger partial charge is 0.487 e. The standard InChI is InChI=1S/C25H29ClFN5OS/c1-31-11-13-32(14-12-31)10-3-15-34-25-28-9-8-24(30-25)29-21-6-7-23(22(26)17-21)33-18-19-4-2-5-20(27)16-19/h2,4-9,16-17H,3,10-15,18H2,1H3,(H,28,29,30). The highest BCUT2D eigenvalue weighted by Gasteiger charge is 2.13. The van der Waals surface area contributed by atoms with Gasteiger partial charge in [-0.1, -0.05) is 35.5 Å². The van der Waals surface area contributed by atoms with Crippen LogP contribution < -0.4 is 10.1 Å². The molecule has 2 aromatic carbocycles. The van der Waals surface area contributed by atoms with E-state index in [1.165, 1.54) is 12.1 Å². The number of ether oxygens (including phenoxy) is 1. The van der Waals surface area contributed by atoms with Gasteiger partial charge in [-0.05, 0) is 62.0 Å². The molecule has 1 aliphatic rings. The maximum atomic E-state index is 13.3. The third-order valence-electron chi connectivity index (χ3n) is 5.57. The molecule has 1 fully saturated rings. The second kappa shape index (κ2) is 12.4. The maximum absolute atomic E-state index is 13.3. The molecule has 9 heteroatoms. The molecule has 2 heterocycles. The molecule has 34 heavy (non-hydrogen) atoms. The average Bonchev–Trinajstić information content (AvgIpc) is 2.83. The lowest BCUT2D eigenvalue weighted by atomic mass is 10.2. The molecular formula is C25H29ClFN5OS. The average molecular weight is 502 g/mol. The van der Waals surface area contributed by atoms with Crippen LogP contribution in [0.3, 0.4) is 0 Å². The number of likely N-dealkylation sites (N-methyl/N-ethyl adjacent to an activating group) is 1. The van der Waals surface area contributed by atoms with Crippen molar-refractivity contribution in [2.24, 2.45) is 0 Å². The first kappa shape index (κ1) is 24.7. The lowest BCUT2D eigenvalue weighted by molar-refractivity contribution is 0.154. The number of nitrogens with zero attached hydrogens (tertiary/aromatic N) is 4. The Balaban J connectivity index is 1.25. The number of thioether (sulfide) groups is 1. The monoisotopic (exact) mass is 501 g/mol. The predicted octanol–water partition coefficient (Wildman–Crippen LogP) is 5.32. The minimum absolute atomic E-state index is 0.242. The second-order valence-corrected chi connectivity index (χ2v) is 9.73. The van der Waals surface area contributed by atoms with Crippen molar-refractivity contribution in [3.05, 3.63) is 71.1 Å². The summed E-state index contributed by atoms with van der Waals surface area (Å²) in [5.41, 5.74) is 1.54. The summed E-state index contributed by atoms with van der Waals surface area (Å²) < 4.78 is 19.1. The summed E-state index contributed by atoms with van der Waals surface area (Å²) in [4.78, 5) is 13.9. The first-order valence-electron chi connectivity index (χ1n) is 11.4. The van der Waals surface area contributed by atoms with E-state index in [9.17, 15) is 4.39 Å². The quantitative estimate of drug-likeness (QED) is 0.229. The van der Waals surface area contributed by atoms with Crippen molar-refractivity contribution in [1.29, 1.82) is 0 Å². The zero-order chi connectivity index (χ0) is 23.8. The van der Waals surface area contributed by atoms with Gasteiger partial charge < -0.3 is 19.9 Å². The van der Waals surface area contributed by atoms with Crippen molar-refractivity contribution >= 4 is 34.9 Å². The van der Waals surface area contributed by atoms with Crippen LogP contribution in [-0.2, 0) is 6.61 Å². The fraction of sp³-hybridized carbons (Fsp3) is 0.360. The Hall–Kier alpha value is -2.39. The molecule has 6 nitrogen and oxygen atoms in total. The van der Waals surface area contributed by atoms with Gasteiger partial charge in [0, 0.05) is 43.8 Å². The molecule has 3 aromatic rings. The van der Waals surface area contributed by atoms with Crippen molar-refractivity contribution in [3.8, 4) is 5.75 Å². The summed E-state index contributed by atoms with van der Waals surface area (Å²) in [6, 6.07) is 13.6. The normalized spacial score (nSPS) is 14.8. The summed E-state index contributed by atoms with van der Waals surface area (Å²) in [6.07, 6.45) is 2.87. The van der Waals surface area contributed by atoms with Crippen molar-refractivity contribution in [1.82, 2.24) is 19.8 Å². The van der Waals surface area contributed by atoms with Crippen LogP contribution in [-0.4, -0.2) is 65.3 Å². The van der Waals surface area contributed by atoms with Crippen molar-refractivity contribution < 1.29 is 9.13 Å². The van der Waals surface area contributed by atoms with Gasteiger partial charge >= 0.3 is 0 Å². The molecule has 0 radical (unpaired) electrons. The first-order valence-corrected chi connectivity index (χ1v) is 12.7. The number of piperazine rings is 1. The number of hydrogen-bond acceptors (Lipinski definition) is 7. The van der Waals surface area contributed by atoms with Gasteiger partial charge in [0.15, 0.2) is 5.16 Å². The van der Waals surface area contributed by atoms with Crippen LogP contribution in [0, 0.1) is 5.82 Å². The third kappa shape index (κ3) is 7.56. The van der Waals surface area contributed by atoms with Crippen LogP contribution in [0.25, 0.3) is 0 Å². The van der Waals surface area contributed by atoms with Crippen molar-refractivity contribution in [2.75, 3.05) is 50.8 Å². The van der Waals surface area contributed by atoms with Crippen molar-refractivity contribution in [3.63, 3.8) is 0 Å². The molecule has 0 bridgehead atoms. The highest BCUT2D eigenvalue weighted by atomic mass is 35.5. The predicted molar refractivity (Wildman–Crippen MR) is 137 cm³/mol. The molecule has 0 amide bonds. The summed E-state index contributed by atoms with van der Waals surface area (Å²) in [6.45, 7) is 5.95. The molecule has 1 aliphatic heterocycles. The van der Waals surface area contributed by atoms with E-state index in [1.807, 2.05) is 18.2 Å². The zero-order valence-corrected chi connectivity index (χ0v) is 20.8. The third-order valence-corrected chi connectivity index (χ3v) is 6.81. The van der Waals surface area contributed by atoms with Crippen molar-refractivity contribution in [2.45, 2.75) is 18.2 Å². The topological polar surface area (TPSA) is 53.5 Å². The molecule has 0 unspecified atom stereocenters. The van der Waals surface area contributed by atoms with Crippen LogP contribution >= 0.6 is 23.4 Å². The van der Waals surface area contributed by atoms with Crippen LogP contribution in [0.4, 0.5) is 15.9 Å². The summed E-state index contributed by atoms with van der Waals surface area (Å²) in [5.74, 6) is 1.94. The van der Waals surface area contributed by atoms with E-state index in [4.69, 9.17) is 16.3 Å². The molecular weight excluding hydrogens is 473 g/mol. The second-order valence-electron chi connectivity index (χ2n) is 8.26. The van der Waals surface area contributed by atoms with Gasteiger partial charge in [0.2, 0.25) is 0 Å². The lowest BCUT2D eigenvalue weighted by Gasteiger charge is -2.32. The van der Waals surface area contributed by atoms with Gasteiger partial charge in [-0.2, -0.15) is 0 Å². The Bertz CT molecular complexity index is 1080. The highest BCUT2D eigenvalue weighted by Crippen LogP contribution is 2.30. The fourth-order valence-electron chi connectivity index (χ4n) is 3.63. The number of aromatic nitrogens is 2. The molecule has 1 N–H and O–H groups in total. The van der Waals surface area contributed by atoms with Gasteiger partial charge in [0.25, 0.3) is 0 Å². The number of anilines is 2. The first-order chi connectivity index (χ1) is 16.5. The summed E-state index contributed by atoms with van der Waals surface area (Å²) >= 11 is 8.07. The Kier molecular flexibility index (Phi) is 8.98. The SMILES string of the molecule is CN1CCN(CCCSc2nccc(Nc3ccc(OCc4cccc(F)c4)c(Cl)c3)n2)CC1. The molecule has 0 aliphatic carbocycles. The smallest absolute Gasteiger partial charge is 0.189 e. The number of hydrogen-bond donors (Lipinski definition) is 1. The zero-order valence-electron chi connectivity index (χ0n) is 19.2. The highest BCUT2D eigenvalue weighted by molar-refractivity contribution is 7.99. The van der Waals surface area contributed by atoms with E-state index in [0.717, 1.165) is 61.3 Å². The Labute approximate surface area is 209 Å². The Morgan fingerprint density at radius 3 is 2.76 bits per heavy atom. The minimum Gasteiger partial charge on any atom is -0.487 e. The fourth-order valence-corrected chi connectivity index (χ4v) is 4.62. The van der Waals surface area contributed by atoms with Crippen LogP contribution in [0.1, 0.15) is 12.0 Å². The van der Waals surface area contributed by atoms with Crippen LogP contribution in [0.5, 0.6) is 5.75 Å². The van der Waals surface area contributed by atoms with Gasteiger partial charge in [-0.15, -0.1) is 0 Å². The van der Waals surface area contributed by atoms with E-state index in [0.29, 0.717) is 16.6 Å². The molecule has 0 spiro atoms. The van der Waals surface area contributed by atoms with E-state index in [2.05, 4.69) is 32.1 Å². The maximum Gasteiger partial charge on any atom is 0.189 e. The summed E-state index contributed by atoms with van der Waals surface area (Å²) in [7, 11) is 2.18. The van der Waals surface area contributed by atoms with Crippen LogP contribution in [0.15, 0.2) is 59.9 Å². The molecule has 1 aromatic heterocycles. The lowest BCUT2D eigenvalue weighted by Crippen LogP contribution is -2.44. The number of halogens is 2.